The molecule has 0 radical (unpaired) electrons. The highest BCUT2D eigenvalue weighted by atomic mass is 16.5. The molecule has 0 aliphatic heterocycles. The third-order valence-electron chi connectivity index (χ3n) is 2.53. The average molecular weight is 253 g/mol. The average Bonchev–Trinajstić information content (AvgIpc) is 2.40. The maximum atomic E-state index is 8.96. The summed E-state index contributed by atoms with van der Waals surface area (Å²) in [5.74, 6) is 1.41. The third kappa shape index (κ3) is 3.23. The van der Waals surface area contributed by atoms with Crippen molar-refractivity contribution < 1.29 is 4.74 Å². The summed E-state index contributed by atoms with van der Waals surface area (Å²) in [5.41, 5.74) is 2.23. The topological polar surface area (TPSA) is 57.9 Å². The lowest BCUT2D eigenvalue weighted by Crippen LogP contribution is -2.00. The minimum absolute atomic E-state index is 0.587. The largest absolute Gasteiger partial charge is 0.492 e. The van der Waals surface area contributed by atoms with Gasteiger partial charge in [-0.3, -0.25) is 0 Å². The minimum Gasteiger partial charge on any atom is -0.492 e. The van der Waals surface area contributed by atoms with E-state index in [1.807, 2.05) is 38.1 Å². The SMILES string of the molecule is CCOc1ccccc1Nc1cc(C#N)cc(C)n1. The summed E-state index contributed by atoms with van der Waals surface area (Å²) >= 11 is 0. The zero-order valence-electron chi connectivity index (χ0n) is 11.0. The van der Waals surface area contributed by atoms with Gasteiger partial charge in [0.2, 0.25) is 0 Å². The van der Waals surface area contributed by atoms with Gasteiger partial charge < -0.3 is 10.1 Å². The van der Waals surface area contributed by atoms with Crippen molar-refractivity contribution >= 4 is 11.5 Å². The molecule has 2 rings (SSSR count). The summed E-state index contributed by atoms with van der Waals surface area (Å²) in [6.45, 7) is 4.40. The van der Waals surface area contributed by atoms with Crippen LogP contribution in [0.3, 0.4) is 0 Å². The first kappa shape index (κ1) is 12.9. The highest BCUT2D eigenvalue weighted by Crippen LogP contribution is 2.27. The molecule has 0 spiro atoms. The maximum absolute atomic E-state index is 8.96. The summed E-state index contributed by atoms with van der Waals surface area (Å²) in [5, 5.41) is 12.1. The van der Waals surface area contributed by atoms with Gasteiger partial charge in [0.1, 0.15) is 11.6 Å². The van der Waals surface area contributed by atoms with E-state index in [1.165, 1.54) is 0 Å². The fourth-order valence-electron chi connectivity index (χ4n) is 1.79. The summed E-state index contributed by atoms with van der Waals surface area (Å²) in [6, 6.07) is 13.2. The zero-order valence-corrected chi connectivity index (χ0v) is 11.0. The Morgan fingerprint density at radius 1 is 1.32 bits per heavy atom. The van der Waals surface area contributed by atoms with Crippen molar-refractivity contribution in [3.05, 3.63) is 47.7 Å². The van der Waals surface area contributed by atoms with Crippen molar-refractivity contribution in [1.82, 2.24) is 4.98 Å². The van der Waals surface area contributed by atoms with Crippen LogP contribution < -0.4 is 10.1 Å². The van der Waals surface area contributed by atoms with Gasteiger partial charge in [-0.15, -0.1) is 0 Å². The lowest BCUT2D eigenvalue weighted by atomic mass is 10.2. The molecule has 1 heterocycles. The number of benzene rings is 1. The molecule has 0 unspecified atom stereocenters. The molecule has 0 aliphatic rings. The molecule has 2 aromatic rings. The number of pyridine rings is 1. The maximum Gasteiger partial charge on any atom is 0.142 e. The summed E-state index contributed by atoms with van der Waals surface area (Å²) < 4.78 is 5.54. The number of nitriles is 1. The third-order valence-corrected chi connectivity index (χ3v) is 2.53. The first-order valence-corrected chi connectivity index (χ1v) is 6.10. The number of nitrogens with one attached hydrogen (secondary N) is 1. The van der Waals surface area contributed by atoms with Crippen LogP contribution in [-0.2, 0) is 0 Å². The molecule has 0 fully saturated rings. The van der Waals surface area contributed by atoms with Crippen molar-refractivity contribution in [1.29, 1.82) is 5.26 Å². The number of aromatic nitrogens is 1. The normalized spacial score (nSPS) is 9.74. The number of anilines is 2. The number of rotatable bonds is 4. The van der Waals surface area contributed by atoms with Gasteiger partial charge in [-0.05, 0) is 38.1 Å². The van der Waals surface area contributed by atoms with E-state index in [9.17, 15) is 0 Å². The first-order chi connectivity index (χ1) is 9.22. The van der Waals surface area contributed by atoms with Crippen LogP contribution in [0.25, 0.3) is 0 Å². The number of ether oxygens (including phenoxy) is 1. The quantitative estimate of drug-likeness (QED) is 0.907. The number of hydrogen-bond donors (Lipinski definition) is 1. The Balaban J connectivity index is 2.31. The Hall–Kier alpha value is -2.54. The van der Waals surface area contributed by atoms with E-state index in [0.29, 0.717) is 18.0 Å². The van der Waals surface area contributed by atoms with E-state index in [0.717, 1.165) is 17.1 Å². The van der Waals surface area contributed by atoms with Crippen molar-refractivity contribution in [3.8, 4) is 11.8 Å². The standard InChI is InChI=1S/C15H15N3O/c1-3-19-14-7-5-4-6-13(14)18-15-9-12(10-16)8-11(2)17-15/h4-9H,3H2,1-2H3,(H,17,18). The Kier molecular flexibility index (Phi) is 3.99. The predicted molar refractivity (Wildman–Crippen MR) is 74.6 cm³/mol. The van der Waals surface area contributed by atoms with Gasteiger partial charge in [-0.2, -0.15) is 5.26 Å². The van der Waals surface area contributed by atoms with Crippen LogP contribution >= 0.6 is 0 Å². The number of aryl methyl sites for hydroxylation is 1. The van der Waals surface area contributed by atoms with E-state index >= 15 is 0 Å². The van der Waals surface area contributed by atoms with E-state index in [1.54, 1.807) is 12.1 Å². The monoisotopic (exact) mass is 253 g/mol. The van der Waals surface area contributed by atoms with Crippen molar-refractivity contribution in [3.63, 3.8) is 0 Å². The number of nitrogens with zero attached hydrogens (tertiary/aromatic N) is 2. The molecule has 1 aromatic carbocycles. The highest BCUT2D eigenvalue weighted by molar-refractivity contribution is 5.64. The molecule has 0 atom stereocenters. The van der Waals surface area contributed by atoms with E-state index in [2.05, 4.69) is 16.4 Å². The second-order valence-electron chi connectivity index (χ2n) is 4.05. The number of para-hydroxylation sites is 2. The molecule has 0 saturated heterocycles. The molecule has 4 heteroatoms. The van der Waals surface area contributed by atoms with Crippen LogP contribution in [0.1, 0.15) is 18.2 Å². The fourth-order valence-corrected chi connectivity index (χ4v) is 1.79. The molecule has 0 bridgehead atoms. The van der Waals surface area contributed by atoms with Crippen LogP contribution in [0.2, 0.25) is 0 Å². The molecular formula is C15H15N3O. The zero-order chi connectivity index (χ0) is 13.7. The second-order valence-corrected chi connectivity index (χ2v) is 4.05. The summed E-state index contributed by atoms with van der Waals surface area (Å²) in [6.07, 6.45) is 0. The lowest BCUT2D eigenvalue weighted by molar-refractivity contribution is 0.342. The van der Waals surface area contributed by atoms with Crippen LogP contribution in [0.5, 0.6) is 5.75 Å². The Morgan fingerprint density at radius 3 is 2.84 bits per heavy atom. The Bertz CT molecular complexity index is 617. The van der Waals surface area contributed by atoms with Crippen molar-refractivity contribution in [2.24, 2.45) is 0 Å². The molecule has 0 aliphatic carbocycles. The second kappa shape index (κ2) is 5.87. The van der Waals surface area contributed by atoms with Gasteiger partial charge in [0.25, 0.3) is 0 Å². The van der Waals surface area contributed by atoms with Gasteiger partial charge in [0.15, 0.2) is 0 Å². The van der Waals surface area contributed by atoms with Gasteiger partial charge in [-0.1, -0.05) is 12.1 Å². The highest BCUT2D eigenvalue weighted by Gasteiger charge is 2.05. The Labute approximate surface area is 112 Å². The van der Waals surface area contributed by atoms with Crippen LogP contribution in [0, 0.1) is 18.3 Å². The smallest absolute Gasteiger partial charge is 0.142 e. The van der Waals surface area contributed by atoms with E-state index < -0.39 is 0 Å². The van der Waals surface area contributed by atoms with Crippen LogP contribution in [0.15, 0.2) is 36.4 Å². The van der Waals surface area contributed by atoms with Crippen LogP contribution in [0.4, 0.5) is 11.5 Å². The first-order valence-electron chi connectivity index (χ1n) is 6.10. The van der Waals surface area contributed by atoms with E-state index in [4.69, 9.17) is 10.00 Å². The molecule has 4 nitrogen and oxygen atoms in total. The van der Waals surface area contributed by atoms with Gasteiger partial charge in [-0.25, -0.2) is 4.98 Å². The molecule has 0 amide bonds. The summed E-state index contributed by atoms with van der Waals surface area (Å²) in [4.78, 5) is 4.36. The molecular weight excluding hydrogens is 238 g/mol. The predicted octanol–water partition coefficient (Wildman–Crippen LogP) is 3.40. The van der Waals surface area contributed by atoms with Gasteiger partial charge in [0.05, 0.1) is 23.9 Å². The van der Waals surface area contributed by atoms with Gasteiger partial charge >= 0.3 is 0 Å². The van der Waals surface area contributed by atoms with Gasteiger partial charge in [0, 0.05) is 5.69 Å². The molecule has 1 N–H and O–H groups in total. The fraction of sp³-hybridized carbons (Fsp3) is 0.200. The van der Waals surface area contributed by atoms with Crippen LogP contribution in [-0.4, -0.2) is 11.6 Å². The lowest BCUT2D eigenvalue weighted by Gasteiger charge is -2.12. The van der Waals surface area contributed by atoms with E-state index in [-0.39, 0.29) is 0 Å². The molecule has 0 saturated carbocycles. The minimum atomic E-state index is 0.587. The Morgan fingerprint density at radius 2 is 2.11 bits per heavy atom. The summed E-state index contributed by atoms with van der Waals surface area (Å²) in [7, 11) is 0. The molecule has 96 valence electrons. The number of hydrogen-bond acceptors (Lipinski definition) is 4. The van der Waals surface area contributed by atoms with Crippen molar-refractivity contribution in [2.45, 2.75) is 13.8 Å². The molecule has 1 aromatic heterocycles. The van der Waals surface area contributed by atoms with Crippen molar-refractivity contribution in [2.75, 3.05) is 11.9 Å². The molecule has 19 heavy (non-hydrogen) atoms.